The standard InChI is InChI=1S/C14H19NO.C2H2O4/c1-15-7-3-4-10-8-14(15)12-6-5-11(16-2)9-13(10)12;3-1(4)2(5)6/h5-6,9-10,14H,3-4,7-8H2,1-2H3;(H,3,4)(H,5,6). The highest BCUT2D eigenvalue weighted by atomic mass is 16.5. The summed E-state index contributed by atoms with van der Waals surface area (Å²) in [5.74, 6) is -1.88. The van der Waals surface area contributed by atoms with E-state index in [1.165, 1.54) is 36.9 Å². The number of likely N-dealkylation sites (tertiary alicyclic amines) is 1. The Morgan fingerprint density at radius 1 is 1.23 bits per heavy atom. The third-order valence-electron chi connectivity index (χ3n) is 4.38. The highest BCUT2D eigenvalue weighted by Gasteiger charge is 2.35. The third kappa shape index (κ3) is 3.39. The molecule has 1 heterocycles. The molecule has 6 heteroatoms. The van der Waals surface area contributed by atoms with Crippen LogP contribution in [0.5, 0.6) is 5.75 Å². The molecule has 2 bridgehead atoms. The molecule has 1 aliphatic carbocycles. The lowest BCUT2D eigenvalue weighted by Crippen LogP contribution is -2.23. The normalized spacial score (nSPS) is 22.8. The van der Waals surface area contributed by atoms with E-state index in [0.29, 0.717) is 6.04 Å². The molecule has 1 aliphatic heterocycles. The first-order valence-corrected chi connectivity index (χ1v) is 7.28. The fraction of sp³-hybridized carbons (Fsp3) is 0.500. The molecule has 0 saturated carbocycles. The van der Waals surface area contributed by atoms with Gasteiger partial charge >= 0.3 is 11.9 Å². The zero-order valence-electron chi connectivity index (χ0n) is 12.8. The lowest BCUT2D eigenvalue weighted by Gasteiger charge is -2.24. The number of carboxylic acid groups (broad SMARTS) is 2. The van der Waals surface area contributed by atoms with Crippen LogP contribution in [0.15, 0.2) is 18.2 Å². The van der Waals surface area contributed by atoms with Gasteiger partial charge in [0.25, 0.3) is 0 Å². The quantitative estimate of drug-likeness (QED) is 0.773. The summed E-state index contributed by atoms with van der Waals surface area (Å²) in [6, 6.07) is 7.26. The number of carboxylic acids is 2. The van der Waals surface area contributed by atoms with E-state index in [2.05, 4.69) is 30.1 Å². The van der Waals surface area contributed by atoms with Gasteiger partial charge in [-0.2, -0.15) is 0 Å². The Balaban J connectivity index is 0.000000254. The van der Waals surface area contributed by atoms with Crippen LogP contribution < -0.4 is 4.74 Å². The maximum Gasteiger partial charge on any atom is 0.414 e. The molecule has 1 saturated heterocycles. The molecule has 2 aliphatic rings. The molecular weight excluding hydrogens is 286 g/mol. The van der Waals surface area contributed by atoms with Gasteiger partial charge in [-0.25, -0.2) is 9.59 Å². The van der Waals surface area contributed by atoms with Crippen molar-refractivity contribution in [1.29, 1.82) is 0 Å². The molecule has 3 rings (SSSR count). The molecule has 22 heavy (non-hydrogen) atoms. The van der Waals surface area contributed by atoms with Crippen LogP contribution in [0, 0.1) is 0 Å². The fourth-order valence-electron chi connectivity index (χ4n) is 3.29. The Bertz CT molecular complexity index is 560. The minimum atomic E-state index is -1.82. The number of rotatable bonds is 1. The average molecular weight is 307 g/mol. The van der Waals surface area contributed by atoms with Crippen LogP contribution in [-0.4, -0.2) is 47.8 Å². The van der Waals surface area contributed by atoms with Crippen molar-refractivity contribution in [2.45, 2.75) is 31.2 Å². The van der Waals surface area contributed by atoms with Crippen molar-refractivity contribution >= 4 is 11.9 Å². The van der Waals surface area contributed by atoms with Crippen LogP contribution in [-0.2, 0) is 9.59 Å². The third-order valence-corrected chi connectivity index (χ3v) is 4.38. The molecule has 2 N–H and O–H groups in total. The van der Waals surface area contributed by atoms with Crippen molar-refractivity contribution in [2.24, 2.45) is 0 Å². The second kappa shape index (κ2) is 6.79. The van der Waals surface area contributed by atoms with E-state index in [1.54, 1.807) is 7.11 Å². The van der Waals surface area contributed by atoms with E-state index in [4.69, 9.17) is 24.5 Å². The van der Waals surface area contributed by atoms with Crippen LogP contribution in [0.4, 0.5) is 0 Å². The number of aliphatic carboxylic acids is 2. The molecule has 0 spiro atoms. The SMILES string of the molecule is COc1ccc2c(c1)C1CCCN(C)C2C1.O=C(O)C(=O)O. The lowest BCUT2D eigenvalue weighted by molar-refractivity contribution is -0.159. The summed E-state index contributed by atoms with van der Waals surface area (Å²) in [7, 11) is 4.01. The molecular formula is C16H21NO5. The Morgan fingerprint density at radius 3 is 2.50 bits per heavy atom. The first-order chi connectivity index (χ1) is 10.4. The van der Waals surface area contributed by atoms with E-state index in [0.717, 1.165) is 11.7 Å². The minimum Gasteiger partial charge on any atom is -0.497 e. The van der Waals surface area contributed by atoms with E-state index in [9.17, 15) is 0 Å². The van der Waals surface area contributed by atoms with Gasteiger partial charge in [-0.05, 0) is 62.0 Å². The number of carbonyl (C=O) groups is 2. The van der Waals surface area contributed by atoms with Gasteiger partial charge in [0.05, 0.1) is 7.11 Å². The molecule has 2 unspecified atom stereocenters. The summed E-state index contributed by atoms with van der Waals surface area (Å²) >= 11 is 0. The maximum absolute atomic E-state index is 9.10. The van der Waals surface area contributed by atoms with E-state index in [1.807, 2.05) is 0 Å². The monoisotopic (exact) mass is 307 g/mol. The van der Waals surface area contributed by atoms with Crippen LogP contribution in [0.3, 0.4) is 0 Å². The molecule has 6 nitrogen and oxygen atoms in total. The second-order valence-corrected chi connectivity index (χ2v) is 5.68. The van der Waals surface area contributed by atoms with Gasteiger partial charge in [-0.15, -0.1) is 0 Å². The van der Waals surface area contributed by atoms with Crippen LogP contribution in [0.25, 0.3) is 0 Å². The topological polar surface area (TPSA) is 87.1 Å². The van der Waals surface area contributed by atoms with Crippen molar-refractivity contribution in [3.63, 3.8) is 0 Å². The molecule has 1 aromatic rings. The molecule has 0 radical (unpaired) electrons. The van der Waals surface area contributed by atoms with Gasteiger partial charge in [0.1, 0.15) is 5.75 Å². The van der Waals surface area contributed by atoms with E-state index >= 15 is 0 Å². The number of hydrogen-bond acceptors (Lipinski definition) is 4. The Morgan fingerprint density at radius 2 is 1.91 bits per heavy atom. The largest absolute Gasteiger partial charge is 0.497 e. The summed E-state index contributed by atoms with van der Waals surface area (Å²) in [4.78, 5) is 20.7. The zero-order chi connectivity index (χ0) is 16.3. The van der Waals surface area contributed by atoms with Crippen molar-refractivity contribution in [3.05, 3.63) is 29.3 Å². The highest BCUT2D eigenvalue weighted by molar-refractivity contribution is 6.27. The number of nitrogens with zero attached hydrogens (tertiary/aromatic N) is 1. The van der Waals surface area contributed by atoms with Crippen LogP contribution in [0.1, 0.15) is 42.3 Å². The van der Waals surface area contributed by atoms with Gasteiger partial charge in [0.2, 0.25) is 0 Å². The van der Waals surface area contributed by atoms with Gasteiger partial charge < -0.3 is 14.9 Å². The lowest BCUT2D eigenvalue weighted by atomic mass is 9.96. The van der Waals surface area contributed by atoms with Crippen LogP contribution in [0.2, 0.25) is 0 Å². The molecule has 2 atom stereocenters. The van der Waals surface area contributed by atoms with E-state index < -0.39 is 11.9 Å². The van der Waals surface area contributed by atoms with Crippen LogP contribution >= 0.6 is 0 Å². The minimum absolute atomic E-state index is 0.647. The fourth-order valence-corrected chi connectivity index (χ4v) is 3.29. The first kappa shape index (κ1) is 16.3. The predicted molar refractivity (Wildman–Crippen MR) is 80.2 cm³/mol. The second-order valence-electron chi connectivity index (χ2n) is 5.68. The first-order valence-electron chi connectivity index (χ1n) is 7.28. The summed E-state index contributed by atoms with van der Waals surface area (Å²) in [5, 5.41) is 14.8. The number of ether oxygens (including phenoxy) is 1. The maximum atomic E-state index is 9.10. The predicted octanol–water partition coefficient (Wildman–Crippen LogP) is 2.10. The summed E-state index contributed by atoms with van der Waals surface area (Å²) in [6.45, 7) is 1.24. The van der Waals surface area contributed by atoms with Gasteiger partial charge in [0.15, 0.2) is 0 Å². The van der Waals surface area contributed by atoms with E-state index in [-0.39, 0.29) is 0 Å². The smallest absolute Gasteiger partial charge is 0.414 e. The number of hydrogen-bond donors (Lipinski definition) is 2. The molecule has 1 fully saturated rings. The molecule has 0 amide bonds. The summed E-state index contributed by atoms with van der Waals surface area (Å²) < 4.78 is 5.33. The number of fused-ring (bicyclic) bond motifs is 5. The van der Waals surface area contributed by atoms with Crippen molar-refractivity contribution in [2.75, 3.05) is 20.7 Å². The zero-order valence-corrected chi connectivity index (χ0v) is 12.8. The summed E-state index contributed by atoms with van der Waals surface area (Å²) in [5.41, 5.74) is 3.07. The molecule has 0 aromatic heterocycles. The Kier molecular flexibility index (Phi) is 5.03. The number of benzene rings is 1. The Hall–Kier alpha value is -2.08. The number of methoxy groups -OCH3 is 1. The molecule has 1 aromatic carbocycles. The highest BCUT2D eigenvalue weighted by Crippen LogP contribution is 2.48. The van der Waals surface area contributed by atoms with Crippen molar-refractivity contribution < 1.29 is 24.5 Å². The Labute approximate surface area is 129 Å². The van der Waals surface area contributed by atoms with Crippen molar-refractivity contribution in [1.82, 2.24) is 4.90 Å². The van der Waals surface area contributed by atoms with Gasteiger partial charge in [-0.1, -0.05) is 6.07 Å². The average Bonchev–Trinajstić information content (AvgIpc) is 2.73. The van der Waals surface area contributed by atoms with Gasteiger partial charge in [-0.3, -0.25) is 4.90 Å². The molecule has 120 valence electrons. The van der Waals surface area contributed by atoms with Gasteiger partial charge in [0, 0.05) is 6.04 Å². The summed E-state index contributed by atoms with van der Waals surface area (Å²) in [6.07, 6.45) is 3.97. The van der Waals surface area contributed by atoms with Crippen molar-refractivity contribution in [3.8, 4) is 5.75 Å².